The third-order valence-electron chi connectivity index (χ3n) is 8.60. The Balaban J connectivity index is -0.000000199. The van der Waals surface area contributed by atoms with Gasteiger partial charge < -0.3 is 0 Å². The summed E-state index contributed by atoms with van der Waals surface area (Å²) in [4.78, 5) is 0. The van der Waals surface area contributed by atoms with Crippen molar-refractivity contribution in [1.29, 1.82) is 0 Å². The lowest BCUT2D eigenvalue weighted by Gasteiger charge is -2.28. The fraction of sp³-hybridized carbons (Fsp3) is 0.930. The smallest absolute Gasteiger partial charge is 0.0302 e. The Morgan fingerprint density at radius 3 is 0.596 bits per heavy atom. The summed E-state index contributed by atoms with van der Waals surface area (Å²) in [6.45, 7) is 68.9. The van der Waals surface area contributed by atoms with Crippen LogP contribution in [0.25, 0.3) is 0 Å². The molecule has 0 nitrogen and oxygen atoms in total. The van der Waals surface area contributed by atoms with Gasteiger partial charge in [-0.1, -0.05) is 251 Å². The minimum absolute atomic E-state index is 0.439. The van der Waals surface area contributed by atoms with Gasteiger partial charge in [-0.2, -0.15) is 0 Å². The first-order valence-corrected chi connectivity index (χ1v) is 23.8. The highest BCUT2D eigenvalue weighted by molar-refractivity contribution is 4.89. The zero-order valence-electron chi connectivity index (χ0n) is 46.5. The van der Waals surface area contributed by atoms with Crippen molar-refractivity contribution in [2.45, 2.75) is 291 Å². The topological polar surface area (TPSA) is 0 Å². The summed E-state index contributed by atoms with van der Waals surface area (Å²) >= 11 is 0. The minimum atomic E-state index is 0.439. The van der Waals surface area contributed by atoms with Gasteiger partial charge in [0.05, 0.1) is 0 Å². The molecule has 0 aromatic rings. The maximum atomic E-state index is 2.33. The Labute approximate surface area is 368 Å². The van der Waals surface area contributed by atoms with Crippen LogP contribution in [0.15, 0.2) is 24.3 Å². The molecule has 0 radical (unpaired) electrons. The second-order valence-corrected chi connectivity index (χ2v) is 29.9. The van der Waals surface area contributed by atoms with Crippen molar-refractivity contribution in [3.8, 4) is 0 Å². The van der Waals surface area contributed by atoms with Crippen LogP contribution in [-0.4, -0.2) is 0 Å². The number of hydrogen-bond donors (Lipinski definition) is 0. The van der Waals surface area contributed by atoms with Gasteiger partial charge in [0, 0.05) is 0 Å². The maximum absolute atomic E-state index is 2.33. The fourth-order valence-corrected chi connectivity index (χ4v) is 6.00. The van der Waals surface area contributed by atoms with Crippen LogP contribution in [-0.2, 0) is 0 Å². The predicted molar refractivity (Wildman–Crippen MR) is 273 cm³/mol. The molecule has 0 aromatic heterocycles. The van der Waals surface area contributed by atoms with Gasteiger partial charge in [0.2, 0.25) is 0 Å². The van der Waals surface area contributed by atoms with Gasteiger partial charge in [-0.15, -0.1) is 0 Å². The van der Waals surface area contributed by atoms with Crippen LogP contribution in [0.5, 0.6) is 0 Å². The first kappa shape index (κ1) is 65.6. The zero-order valence-corrected chi connectivity index (χ0v) is 46.5. The van der Waals surface area contributed by atoms with Crippen molar-refractivity contribution >= 4 is 0 Å². The summed E-state index contributed by atoms with van der Waals surface area (Å²) < 4.78 is 0. The monoisotopic (exact) mass is 805 g/mol. The van der Waals surface area contributed by atoms with Gasteiger partial charge >= 0.3 is 0 Å². The van der Waals surface area contributed by atoms with Crippen LogP contribution < -0.4 is 0 Å². The summed E-state index contributed by atoms with van der Waals surface area (Å²) in [6.07, 6.45) is 26.2. The first-order chi connectivity index (χ1) is 24.5. The van der Waals surface area contributed by atoms with Crippen LogP contribution in [0, 0.1) is 54.1 Å². The molecule has 348 valence electrons. The molecule has 0 aliphatic heterocycles. The van der Waals surface area contributed by atoms with E-state index in [1.54, 1.807) is 0 Å². The van der Waals surface area contributed by atoms with E-state index in [4.69, 9.17) is 0 Å². The molecule has 0 aliphatic rings. The van der Waals surface area contributed by atoms with Crippen molar-refractivity contribution < 1.29 is 0 Å². The van der Waals surface area contributed by atoms with E-state index in [0.29, 0.717) is 54.1 Å². The highest BCUT2D eigenvalue weighted by atomic mass is 14.3. The molecule has 0 fully saturated rings. The number of allylic oxidation sites excluding steroid dienone is 4. The maximum Gasteiger partial charge on any atom is -0.0302 e. The second kappa shape index (κ2) is 28.2. The normalized spacial score (nSPS) is 13.9. The van der Waals surface area contributed by atoms with E-state index < -0.39 is 0 Å². The van der Waals surface area contributed by atoms with Crippen LogP contribution >= 0.6 is 0 Å². The average Bonchev–Trinajstić information content (AvgIpc) is 2.83. The molecule has 57 heavy (non-hydrogen) atoms. The standard InChI is InChI=1S/C13H26.C12H26.C12H24.C11H24.C9H20/c1-12(2,3)10-8-7-9-11-13(4,5)6;2*1-11(2,3)9-7-8-10-12(4,5)6;1-10(2,3)8-7-9-11(4,5)6;1-8(2,3)7-9(4,5)6/h7-8H,9-11H2,1-6H3;7-10H2,1-6H3;7-8H,9-10H2,1-6H3;7-9H2,1-6H3;7H2,1-6H3/b8-7-;;8-7-;;. The highest BCUT2D eigenvalue weighted by Crippen LogP contribution is 2.32. The molecule has 0 aliphatic carbocycles. The Bertz CT molecular complexity index is 895. The van der Waals surface area contributed by atoms with Crippen molar-refractivity contribution in [2.75, 3.05) is 0 Å². The highest BCUT2D eigenvalue weighted by Gasteiger charge is 2.20. The van der Waals surface area contributed by atoms with Crippen LogP contribution in [0.1, 0.15) is 291 Å². The van der Waals surface area contributed by atoms with E-state index in [-0.39, 0.29) is 0 Å². The van der Waals surface area contributed by atoms with Gasteiger partial charge in [0.25, 0.3) is 0 Å². The Morgan fingerprint density at radius 1 is 0.211 bits per heavy atom. The summed E-state index contributed by atoms with van der Waals surface area (Å²) in [5.41, 5.74) is 4.86. The third-order valence-corrected chi connectivity index (χ3v) is 8.60. The molecule has 0 heteroatoms. The summed E-state index contributed by atoms with van der Waals surface area (Å²) in [5.74, 6) is 0. The first-order valence-electron chi connectivity index (χ1n) is 23.8. The van der Waals surface area contributed by atoms with Gasteiger partial charge in [-0.25, -0.2) is 0 Å². The minimum Gasteiger partial charge on any atom is -0.0885 e. The van der Waals surface area contributed by atoms with E-state index in [2.05, 4.69) is 232 Å². The van der Waals surface area contributed by atoms with Gasteiger partial charge in [0.15, 0.2) is 0 Å². The predicted octanol–water partition coefficient (Wildman–Crippen LogP) is 21.6. The molecular weight excluding hydrogens is 685 g/mol. The lowest BCUT2D eigenvalue weighted by Crippen LogP contribution is -2.16. The van der Waals surface area contributed by atoms with Crippen LogP contribution in [0.3, 0.4) is 0 Å². The Morgan fingerprint density at radius 2 is 0.421 bits per heavy atom. The largest absolute Gasteiger partial charge is 0.0885 e. The lowest BCUT2D eigenvalue weighted by atomic mass is 9.78. The molecule has 0 heterocycles. The molecule has 0 rings (SSSR count). The van der Waals surface area contributed by atoms with E-state index in [9.17, 15) is 0 Å². The SMILES string of the molecule is CC(C)(C)C/C=C\CC(C)(C)C.CC(C)(C)C/C=C\CCC(C)(C)C.CC(C)(C)CC(C)(C)C.CC(C)(C)CCCC(C)(C)C.CC(C)(C)CCCCC(C)(C)C. The number of unbranched alkanes of at least 4 members (excludes halogenated alkanes) is 1. The van der Waals surface area contributed by atoms with Crippen molar-refractivity contribution in [3.63, 3.8) is 0 Å². The van der Waals surface area contributed by atoms with Crippen molar-refractivity contribution in [2.24, 2.45) is 54.1 Å². The van der Waals surface area contributed by atoms with Crippen molar-refractivity contribution in [1.82, 2.24) is 0 Å². The molecular formula is C57H120. The van der Waals surface area contributed by atoms with E-state index >= 15 is 0 Å². The zero-order chi connectivity index (χ0) is 47.0. The summed E-state index contributed by atoms with van der Waals surface area (Å²) in [5, 5.41) is 0. The Kier molecular flexibility index (Phi) is 32.4. The van der Waals surface area contributed by atoms with E-state index in [1.165, 1.54) is 83.5 Å². The van der Waals surface area contributed by atoms with E-state index in [1.807, 2.05) is 0 Å². The fourth-order valence-electron chi connectivity index (χ4n) is 6.00. The average molecular weight is 806 g/mol. The van der Waals surface area contributed by atoms with E-state index in [0.717, 1.165) is 0 Å². The molecule has 0 saturated heterocycles. The quantitative estimate of drug-likeness (QED) is 0.152. The molecule has 0 spiro atoms. The number of rotatable bonds is 10. The van der Waals surface area contributed by atoms with Gasteiger partial charge in [-0.05, 0) is 118 Å². The van der Waals surface area contributed by atoms with Crippen LogP contribution in [0.2, 0.25) is 0 Å². The van der Waals surface area contributed by atoms with Crippen LogP contribution in [0.4, 0.5) is 0 Å². The molecule has 0 N–H and O–H groups in total. The molecule has 0 amide bonds. The molecule has 0 bridgehead atoms. The number of hydrogen-bond acceptors (Lipinski definition) is 0. The summed E-state index contributed by atoms with van der Waals surface area (Å²) in [7, 11) is 0. The molecule has 0 saturated carbocycles. The third kappa shape index (κ3) is 92.2. The molecule has 0 unspecified atom stereocenters. The summed E-state index contributed by atoms with van der Waals surface area (Å²) in [6, 6.07) is 0. The van der Waals surface area contributed by atoms with Gasteiger partial charge in [-0.3, -0.25) is 0 Å². The van der Waals surface area contributed by atoms with Gasteiger partial charge in [0.1, 0.15) is 0 Å². The Hall–Kier alpha value is -0.520. The molecule has 0 atom stereocenters. The van der Waals surface area contributed by atoms with Crippen molar-refractivity contribution in [3.05, 3.63) is 24.3 Å². The molecule has 0 aromatic carbocycles. The second-order valence-electron chi connectivity index (χ2n) is 29.9. The lowest BCUT2D eigenvalue weighted by molar-refractivity contribution is 0.233.